The first kappa shape index (κ1) is 15.0. The van der Waals surface area contributed by atoms with E-state index in [-0.39, 0.29) is 11.4 Å². The van der Waals surface area contributed by atoms with E-state index in [1.165, 1.54) is 24.3 Å². The Kier molecular flexibility index (Phi) is 4.75. The molecular weight excluding hydrogens is 267 g/mol. The van der Waals surface area contributed by atoms with Gasteiger partial charge in [-0.2, -0.15) is 17.5 Å². The summed E-state index contributed by atoms with van der Waals surface area (Å²) in [6.45, 7) is 0.0126. The third-order valence-corrected chi connectivity index (χ3v) is 4.07. The minimum absolute atomic E-state index is 0.122. The normalized spacial score (nSPS) is 12.9. The topological polar surface area (TPSA) is 37.4 Å². The second-order valence-corrected chi connectivity index (χ2v) is 5.70. The Hall–Kier alpha value is -1.08. The average molecular weight is 281 g/mol. The van der Waals surface area contributed by atoms with Crippen LogP contribution in [0.4, 0.5) is 13.2 Å². The fraction of sp³-hybridized carbons (Fsp3) is 0.455. The molecule has 0 aliphatic rings. The molecule has 0 saturated carbocycles. The smallest absolute Gasteiger partial charge is 0.207 e. The lowest BCUT2D eigenvalue weighted by Gasteiger charge is -2.22. The molecule has 0 fully saturated rings. The minimum Gasteiger partial charge on any atom is -0.207 e. The van der Waals surface area contributed by atoms with E-state index in [9.17, 15) is 21.6 Å². The van der Waals surface area contributed by atoms with Crippen LogP contribution in [0.5, 0.6) is 0 Å². The molecule has 0 aliphatic heterocycles. The van der Waals surface area contributed by atoms with Crippen LogP contribution < -0.4 is 0 Å². The molecule has 1 aromatic carbocycles. The Balaban J connectivity index is 3.05. The van der Waals surface area contributed by atoms with Gasteiger partial charge in [0.1, 0.15) is 6.54 Å². The molecule has 0 aliphatic carbocycles. The molecular formula is C11H14F3NO2S. The number of alkyl halides is 3. The Morgan fingerprint density at radius 1 is 1.17 bits per heavy atom. The summed E-state index contributed by atoms with van der Waals surface area (Å²) >= 11 is 0. The molecule has 0 aromatic heterocycles. The highest BCUT2D eigenvalue weighted by Crippen LogP contribution is 2.22. The molecule has 1 rings (SSSR count). The van der Waals surface area contributed by atoms with Crippen molar-refractivity contribution in [3.63, 3.8) is 0 Å². The lowest BCUT2D eigenvalue weighted by Crippen LogP contribution is -2.39. The molecule has 0 bridgehead atoms. The van der Waals surface area contributed by atoms with Gasteiger partial charge in [0.15, 0.2) is 0 Å². The highest BCUT2D eigenvalue weighted by Gasteiger charge is 2.36. The lowest BCUT2D eigenvalue weighted by molar-refractivity contribution is -0.136. The number of nitrogens with zero attached hydrogens (tertiary/aromatic N) is 1. The lowest BCUT2D eigenvalue weighted by atomic mass is 10.4. The van der Waals surface area contributed by atoms with Crippen molar-refractivity contribution in [2.45, 2.75) is 24.4 Å². The second-order valence-electron chi connectivity index (χ2n) is 3.77. The van der Waals surface area contributed by atoms with Crippen LogP contribution in [0.15, 0.2) is 35.2 Å². The predicted molar refractivity (Wildman–Crippen MR) is 61.5 cm³/mol. The number of halogens is 3. The highest BCUT2D eigenvalue weighted by atomic mass is 32.2. The first-order valence-electron chi connectivity index (χ1n) is 5.39. The van der Waals surface area contributed by atoms with Crippen molar-refractivity contribution in [1.82, 2.24) is 4.31 Å². The third-order valence-electron chi connectivity index (χ3n) is 2.21. The molecule has 3 nitrogen and oxygen atoms in total. The molecule has 0 atom stereocenters. The Bertz CT molecular complexity index is 471. The number of hydrogen-bond acceptors (Lipinski definition) is 2. The average Bonchev–Trinajstić information content (AvgIpc) is 2.28. The van der Waals surface area contributed by atoms with Crippen LogP contribution in [-0.2, 0) is 10.0 Å². The Morgan fingerprint density at radius 2 is 1.72 bits per heavy atom. The van der Waals surface area contributed by atoms with Crippen molar-refractivity contribution >= 4 is 10.0 Å². The predicted octanol–water partition coefficient (Wildman–Crippen LogP) is 2.65. The van der Waals surface area contributed by atoms with E-state index in [4.69, 9.17) is 0 Å². The molecule has 0 N–H and O–H groups in total. The minimum atomic E-state index is -4.54. The van der Waals surface area contributed by atoms with Crippen LogP contribution in [0.25, 0.3) is 0 Å². The maximum atomic E-state index is 12.4. The van der Waals surface area contributed by atoms with Crippen LogP contribution in [0.3, 0.4) is 0 Å². The van der Waals surface area contributed by atoms with Crippen LogP contribution in [0.1, 0.15) is 13.3 Å². The quantitative estimate of drug-likeness (QED) is 0.832. The largest absolute Gasteiger partial charge is 0.402 e. The molecule has 7 heteroatoms. The molecule has 0 spiro atoms. The van der Waals surface area contributed by atoms with E-state index in [1.54, 1.807) is 13.0 Å². The zero-order valence-corrected chi connectivity index (χ0v) is 10.6. The maximum absolute atomic E-state index is 12.4. The van der Waals surface area contributed by atoms with Gasteiger partial charge < -0.3 is 0 Å². The number of benzene rings is 1. The monoisotopic (exact) mass is 281 g/mol. The van der Waals surface area contributed by atoms with Gasteiger partial charge in [0.05, 0.1) is 4.90 Å². The molecule has 1 aromatic rings. The maximum Gasteiger partial charge on any atom is 0.402 e. The van der Waals surface area contributed by atoms with Gasteiger partial charge >= 0.3 is 6.18 Å². The van der Waals surface area contributed by atoms with Crippen LogP contribution in [0.2, 0.25) is 0 Å². The number of rotatable bonds is 5. The van der Waals surface area contributed by atoms with Gasteiger partial charge in [0, 0.05) is 6.54 Å². The molecule has 102 valence electrons. The van der Waals surface area contributed by atoms with E-state index < -0.39 is 22.7 Å². The van der Waals surface area contributed by atoms with Gasteiger partial charge in [0.2, 0.25) is 10.0 Å². The van der Waals surface area contributed by atoms with Gasteiger partial charge in [-0.3, -0.25) is 0 Å². The van der Waals surface area contributed by atoms with Gasteiger partial charge in [-0.25, -0.2) is 8.42 Å². The molecule has 0 amide bonds. The molecule has 0 heterocycles. The molecule has 0 radical (unpaired) electrons. The summed E-state index contributed by atoms with van der Waals surface area (Å²) in [4.78, 5) is -0.122. The molecule has 18 heavy (non-hydrogen) atoms. The van der Waals surface area contributed by atoms with Gasteiger partial charge in [-0.05, 0) is 18.6 Å². The highest BCUT2D eigenvalue weighted by molar-refractivity contribution is 7.89. The van der Waals surface area contributed by atoms with Crippen molar-refractivity contribution < 1.29 is 21.6 Å². The summed E-state index contributed by atoms with van der Waals surface area (Å²) in [6, 6.07) is 7.13. The van der Waals surface area contributed by atoms with Gasteiger partial charge in [-0.1, -0.05) is 25.1 Å². The standard InChI is InChI=1S/C11H14F3NO2S/c1-2-8-15(9-11(12,13)14)18(16,17)10-6-4-3-5-7-10/h3-7H,2,8-9H2,1H3. The zero-order chi connectivity index (χ0) is 13.8. The van der Waals surface area contributed by atoms with E-state index in [0.717, 1.165) is 0 Å². The second kappa shape index (κ2) is 5.71. The van der Waals surface area contributed by atoms with E-state index in [0.29, 0.717) is 10.7 Å². The van der Waals surface area contributed by atoms with Gasteiger partial charge in [0.25, 0.3) is 0 Å². The Morgan fingerprint density at radius 3 is 2.17 bits per heavy atom. The summed E-state index contributed by atoms with van der Waals surface area (Å²) in [5, 5.41) is 0. The van der Waals surface area contributed by atoms with Crippen molar-refractivity contribution in [2.75, 3.05) is 13.1 Å². The van der Waals surface area contributed by atoms with E-state index >= 15 is 0 Å². The fourth-order valence-corrected chi connectivity index (χ4v) is 3.01. The molecule has 0 unspecified atom stereocenters. The summed E-state index contributed by atoms with van der Waals surface area (Å²) < 4.78 is 61.6. The van der Waals surface area contributed by atoms with Crippen molar-refractivity contribution in [3.8, 4) is 0 Å². The van der Waals surface area contributed by atoms with E-state index in [1.807, 2.05) is 0 Å². The summed E-state index contributed by atoms with van der Waals surface area (Å²) in [7, 11) is -4.08. The third kappa shape index (κ3) is 3.99. The van der Waals surface area contributed by atoms with Gasteiger partial charge in [-0.15, -0.1) is 0 Å². The first-order chi connectivity index (χ1) is 8.27. The number of hydrogen-bond donors (Lipinski definition) is 0. The van der Waals surface area contributed by atoms with Crippen LogP contribution in [0, 0.1) is 0 Å². The molecule has 0 saturated heterocycles. The summed E-state index contributed by atoms with van der Waals surface area (Å²) in [5.74, 6) is 0. The van der Waals surface area contributed by atoms with Crippen molar-refractivity contribution in [1.29, 1.82) is 0 Å². The van der Waals surface area contributed by atoms with Crippen molar-refractivity contribution in [2.24, 2.45) is 0 Å². The first-order valence-corrected chi connectivity index (χ1v) is 6.83. The van der Waals surface area contributed by atoms with Crippen LogP contribution in [-0.4, -0.2) is 32.0 Å². The van der Waals surface area contributed by atoms with Crippen LogP contribution >= 0.6 is 0 Å². The summed E-state index contributed by atoms with van der Waals surface area (Å²) in [5.41, 5.74) is 0. The Labute approximate surface area is 104 Å². The SMILES string of the molecule is CCCN(CC(F)(F)F)S(=O)(=O)c1ccccc1. The van der Waals surface area contributed by atoms with Crippen molar-refractivity contribution in [3.05, 3.63) is 30.3 Å². The number of sulfonamides is 1. The zero-order valence-electron chi connectivity index (χ0n) is 9.81. The van der Waals surface area contributed by atoms with E-state index in [2.05, 4.69) is 0 Å². The summed E-state index contributed by atoms with van der Waals surface area (Å²) in [6.07, 6.45) is -4.22. The fourth-order valence-electron chi connectivity index (χ4n) is 1.48.